The van der Waals surface area contributed by atoms with E-state index >= 15 is 0 Å². The van der Waals surface area contributed by atoms with Crippen LogP contribution in [0.15, 0.2) is 47.8 Å². The molecule has 0 aliphatic heterocycles. The van der Waals surface area contributed by atoms with Crippen LogP contribution in [-0.4, -0.2) is 12.5 Å². The molecule has 1 aliphatic rings. The number of benzene rings is 1. The number of amides is 1. The Morgan fingerprint density at radius 1 is 1.14 bits per heavy atom. The van der Waals surface area contributed by atoms with Crippen molar-refractivity contribution in [2.75, 3.05) is 6.54 Å². The Bertz CT molecular complexity index is 587. The molecule has 3 heteroatoms. The second kappa shape index (κ2) is 7.10. The Kier molecular flexibility index (Phi) is 4.94. The molecule has 1 amide bonds. The lowest BCUT2D eigenvalue weighted by atomic mass is 9.64. The minimum Gasteiger partial charge on any atom is -0.355 e. The topological polar surface area (TPSA) is 29.1 Å². The fourth-order valence-electron chi connectivity index (χ4n) is 3.20. The first kappa shape index (κ1) is 15.3. The zero-order valence-corrected chi connectivity index (χ0v) is 13.7. The fourth-order valence-corrected chi connectivity index (χ4v) is 3.95. The third kappa shape index (κ3) is 3.58. The van der Waals surface area contributed by atoms with E-state index in [0.29, 0.717) is 6.42 Å². The molecule has 0 radical (unpaired) electrons. The summed E-state index contributed by atoms with van der Waals surface area (Å²) < 4.78 is 0. The van der Waals surface area contributed by atoms with E-state index in [2.05, 4.69) is 53.2 Å². The van der Waals surface area contributed by atoms with Gasteiger partial charge in [-0.15, -0.1) is 11.3 Å². The molecule has 1 N–H and O–H groups in total. The van der Waals surface area contributed by atoms with Gasteiger partial charge in [0.05, 0.1) is 0 Å². The second-order valence-corrected chi connectivity index (χ2v) is 7.24. The molecule has 1 saturated carbocycles. The van der Waals surface area contributed by atoms with Crippen molar-refractivity contribution >= 4 is 17.2 Å². The largest absolute Gasteiger partial charge is 0.355 e. The first-order valence-electron chi connectivity index (χ1n) is 8.13. The standard InChI is InChI=1S/C19H23NOS/c21-18(11-4-9-17-10-5-14-22-17)20-15-19(12-6-13-19)16-7-2-1-3-8-16/h1-3,5,7-8,10,14H,4,6,9,11-13,15H2,(H,20,21). The average molecular weight is 313 g/mol. The third-order valence-electron chi connectivity index (χ3n) is 4.73. The fraction of sp³-hybridized carbons (Fsp3) is 0.421. The van der Waals surface area contributed by atoms with Crippen molar-refractivity contribution in [1.82, 2.24) is 5.32 Å². The number of aryl methyl sites for hydroxylation is 1. The van der Waals surface area contributed by atoms with Crippen LogP contribution in [0.1, 0.15) is 42.5 Å². The zero-order valence-electron chi connectivity index (χ0n) is 12.9. The predicted molar refractivity (Wildman–Crippen MR) is 92.2 cm³/mol. The van der Waals surface area contributed by atoms with Gasteiger partial charge in [-0.25, -0.2) is 0 Å². The molecule has 0 unspecified atom stereocenters. The summed E-state index contributed by atoms with van der Waals surface area (Å²) >= 11 is 1.77. The number of carbonyl (C=O) groups is 1. The molecule has 22 heavy (non-hydrogen) atoms. The summed E-state index contributed by atoms with van der Waals surface area (Å²) in [6.07, 6.45) is 6.21. The maximum atomic E-state index is 12.1. The molecule has 2 aromatic rings. The van der Waals surface area contributed by atoms with Crippen LogP contribution in [0.2, 0.25) is 0 Å². The Hall–Kier alpha value is -1.61. The van der Waals surface area contributed by atoms with Gasteiger partial charge in [-0.2, -0.15) is 0 Å². The van der Waals surface area contributed by atoms with E-state index in [1.54, 1.807) is 11.3 Å². The first-order valence-corrected chi connectivity index (χ1v) is 9.01. The number of hydrogen-bond acceptors (Lipinski definition) is 2. The molecule has 3 rings (SSSR count). The minimum atomic E-state index is 0.185. The SMILES string of the molecule is O=C(CCCc1cccs1)NCC1(c2ccccc2)CCC1. The Labute approximate surface area is 136 Å². The van der Waals surface area contributed by atoms with E-state index in [1.165, 1.54) is 29.7 Å². The Morgan fingerprint density at radius 3 is 2.59 bits per heavy atom. The number of carbonyl (C=O) groups excluding carboxylic acids is 1. The lowest BCUT2D eigenvalue weighted by Gasteiger charge is -2.42. The van der Waals surface area contributed by atoms with Gasteiger partial charge in [0.15, 0.2) is 0 Å². The predicted octanol–water partition coefficient (Wildman–Crippen LogP) is 4.31. The number of rotatable bonds is 7. The molecule has 0 atom stereocenters. The summed E-state index contributed by atoms with van der Waals surface area (Å²) in [5.41, 5.74) is 1.56. The van der Waals surface area contributed by atoms with E-state index in [9.17, 15) is 4.79 Å². The lowest BCUT2D eigenvalue weighted by Crippen LogP contribution is -2.45. The summed E-state index contributed by atoms with van der Waals surface area (Å²) in [4.78, 5) is 13.4. The van der Waals surface area contributed by atoms with Crippen molar-refractivity contribution in [2.24, 2.45) is 0 Å². The van der Waals surface area contributed by atoms with Crippen molar-refractivity contribution in [3.8, 4) is 0 Å². The van der Waals surface area contributed by atoms with Gasteiger partial charge in [0.1, 0.15) is 0 Å². The van der Waals surface area contributed by atoms with Crippen molar-refractivity contribution in [1.29, 1.82) is 0 Å². The van der Waals surface area contributed by atoms with Gasteiger partial charge in [0.2, 0.25) is 5.91 Å². The zero-order chi connectivity index (χ0) is 15.3. The molecule has 0 bridgehead atoms. The van der Waals surface area contributed by atoms with E-state index in [4.69, 9.17) is 0 Å². The van der Waals surface area contributed by atoms with Crippen LogP contribution >= 0.6 is 11.3 Å². The molecular formula is C19H23NOS. The van der Waals surface area contributed by atoms with Crippen LogP contribution < -0.4 is 5.32 Å². The highest BCUT2D eigenvalue weighted by Gasteiger charge is 2.38. The maximum absolute atomic E-state index is 12.1. The Balaban J connectivity index is 1.45. The third-order valence-corrected chi connectivity index (χ3v) is 5.66. The first-order chi connectivity index (χ1) is 10.8. The summed E-state index contributed by atoms with van der Waals surface area (Å²) in [5, 5.41) is 5.26. The summed E-state index contributed by atoms with van der Waals surface area (Å²) in [5.74, 6) is 0.193. The van der Waals surface area contributed by atoms with Crippen LogP contribution in [0.3, 0.4) is 0 Å². The van der Waals surface area contributed by atoms with Crippen LogP contribution in [0.4, 0.5) is 0 Å². The molecule has 116 valence electrons. The van der Waals surface area contributed by atoms with Gasteiger partial charge < -0.3 is 5.32 Å². The molecule has 1 aromatic carbocycles. The second-order valence-electron chi connectivity index (χ2n) is 6.21. The monoisotopic (exact) mass is 313 g/mol. The highest BCUT2D eigenvalue weighted by Crippen LogP contribution is 2.43. The van der Waals surface area contributed by atoms with Crippen LogP contribution in [0, 0.1) is 0 Å². The molecule has 0 spiro atoms. The van der Waals surface area contributed by atoms with Gasteiger partial charge in [0.25, 0.3) is 0 Å². The number of hydrogen-bond donors (Lipinski definition) is 1. The van der Waals surface area contributed by atoms with Crippen molar-refractivity contribution < 1.29 is 4.79 Å². The normalized spacial score (nSPS) is 16.0. The molecule has 1 aromatic heterocycles. The molecule has 1 fully saturated rings. The van der Waals surface area contributed by atoms with E-state index in [0.717, 1.165) is 19.4 Å². The summed E-state index contributed by atoms with van der Waals surface area (Å²) in [6, 6.07) is 14.8. The lowest BCUT2D eigenvalue weighted by molar-refractivity contribution is -0.121. The smallest absolute Gasteiger partial charge is 0.220 e. The van der Waals surface area contributed by atoms with E-state index < -0.39 is 0 Å². The van der Waals surface area contributed by atoms with E-state index in [1.807, 2.05) is 0 Å². The highest BCUT2D eigenvalue weighted by atomic mass is 32.1. The van der Waals surface area contributed by atoms with Crippen LogP contribution in [0.5, 0.6) is 0 Å². The van der Waals surface area contributed by atoms with Crippen molar-refractivity contribution in [3.63, 3.8) is 0 Å². The molecule has 1 aliphatic carbocycles. The van der Waals surface area contributed by atoms with Gasteiger partial charge in [0, 0.05) is 23.3 Å². The van der Waals surface area contributed by atoms with Gasteiger partial charge in [-0.05, 0) is 42.7 Å². The molecule has 2 nitrogen and oxygen atoms in total. The molecular weight excluding hydrogens is 290 g/mol. The van der Waals surface area contributed by atoms with Crippen molar-refractivity contribution in [2.45, 2.75) is 43.9 Å². The molecule has 0 saturated heterocycles. The summed E-state index contributed by atoms with van der Waals surface area (Å²) in [6.45, 7) is 0.787. The minimum absolute atomic E-state index is 0.185. The van der Waals surface area contributed by atoms with Crippen LogP contribution in [-0.2, 0) is 16.6 Å². The van der Waals surface area contributed by atoms with Gasteiger partial charge in [-0.3, -0.25) is 4.79 Å². The van der Waals surface area contributed by atoms with Gasteiger partial charge in [-0.1, -0.05) is 42.8 Å². The summed E-state index contributed by atoms with van der Waals surface area (Å²) in [7, 11) is 0. The average Bonchev–Trinajstić information content (AvgIpc) is 3.01. The number of thiophene rings is 1. The van der Waals surface area contributed by atoms with Crippen molar-refractivity contribution in [3.05, 3.63) is 58.3 Å². The highest BCUT2D eigenvalue weighted by molar-refractivity contribution is 7.09. The van der Waals surface area contributed by atoms with Crippen LogP contribution in [0.25, 0.3) is 0 Å². The maximum Gasteiger partial charge on any atom is 0.220 e. The van der Waals surface area contributed by atoms with E-state index in [-0.39, 0.29) is 11.3 Å². The number of nitrogens with one attached hydrogen (secondary N) is 1. The van der Waals surface area contributed by atoms with Gasteiger partial charge >= 0.3 is 0 Å². The Morgan fingerprint density at radius 2 is 1.95 bits per heavy atom. The quantitative estimate of drug-likeness (QED) is 0.811. The molecule has 1 heterocycles.